The van der Waals surface area contributed by atoms with Crippen molar-refractivity contribution in [3.63, 3.8) is 0 Å². The molecule has 2 rings (SSSR count). The Balaban J connectivity index is 0.00000264. The highest BCUT2D eigenvalue weighted by Crippen LogP contribution is 2.16. The van der Waals surface area contributed by atoms with Crippen molar-refractivity contribution >= 4 is 29.9 Å². The molecule has 1 aromatic carbocycles. The molecular weight excluding hydrogens is 405 g/mol. The summed E-state index contributed by atoms with van der Waals surface area (Å²) in [6.45, 7) is 5.29. The van der Waals surface area contributed by atoms with Gasteiger partial charge in [-0.2, -0.15) is 5.10 Å². The number of guanidine groups is 1. The zero-order chi connectivity index (χ0) is 15.8. The van der Waals surface area contributed by atoms with Crippen LogP contribution in [0.25, 0.3) is 5.69 Å². The number of hydrogen-bond donors (Lipinski definition) is 3. The van der Waals surface area contributed by atoms with Gasteiger partial charge in [0, 0.05) is 18.9 Å². The molecule has 0 fully saturated rings. The number of aliphatic imine (C=N–C) groups is 1. The predicted molar refractivity (Wildman–Crippen MR) is 104 cm³/mol. The number of halogens is 1. The second-order valence-electron chi connectivity index (χ2n) is 4.90. The van der Waals surface area contributed by atoms with Crippen LogP contribution in [0.5, 0.6) is 0 Å². The largest absolute Gasteiger partial charge is 0.394 e. The van der Waals surface area contributed by atoms with Gasteiger partial charge < -0.3 is 15.7 Å². The van der Waals surface area contributed by atoms with E-state index < -0.39 is 0 Å². The minimum Gasteiger partial charge on any atom is -0.394 e. The fraction of sp³-hybridized carbons (Fsp3) is 0.375. The van der Waals surface area contributed by atoms with Crippen LogP contribution in [0.1, 0.15) is 25.5 Å². The monoisotopic (exact) mass is 429 g/mol. The minimum atomic E-state index is 0. The lowest BCUT2D eigenvalue weighted by molar-refractivity contribution is 0.306. The van der Waals surface area contributed by atoms with E-state index in [4.69, 9.17) is 5.11 Å². The summed E-state index contributed by atoms with van der Waals surface area (Å²) in [5, 5.41) is 19.7. The van der Waals surface area contributed by atoms with Crippen LogP contribution in [0.2, 0.25) is 0 Å². The molecule has 6 nitrogen and oxygen atoms in total. The molecule has 23 heavy (non-hydrogen) atoms. The van der Waals surface area contributed by atoms with Crippen LogP contribution in [0.3, 0.4) is 0 Å². The van der Waals surface area contributed by atoms with E-state index in [-0.39, 0.29) is 36.6 Å². The average Bonchev–Trinajstić information content (AvgIpc) is 3.07. The molecule has 1 atom stereocenters. The molecular formula is C16H24IN5O. The van der Waals surface area contributed by atoms with Crippen molar-refractivity contribution in [2.45, 2.75) is 19.9 Å². The van der Waals surface area contributed by atoms with Crippen LogP contribution < -0.4 is 10.6 Å². The summed E-state index contributed by atoms with van der Waals surface area (Å²) in [5.74, 6) is 0.702. The van der Waals surface area contributed by atoms with Gasteiger partial charge >= 0.3 is 0 Å². The van der Waals surface area contributed by atoms with E-state index in [1.54, 1.807) is 6.20 Å². The lowest BCUT2D eigenvalue weighted by atomic mass is 10.1. The van der Waals surface area contributed by atoms with Crippen molar-refractivity contribution < 1.29 is 5.11 Å². The van der Waals surface area contributed by atoms with Crippen molar-refractivity contribution in [3.05, 3.63) is 48.3 Å². The molecule has 0 saturated carbocycles. The smallest absolute Gasteiger partial charge is 0.191 e. The summed E-state index contributed by atoms with van der Waals surface area (Å²) in [6.07, 6.45) is 3.68. The number of rotatable bonds is 6. The van der Waals surface area contributed by atoms with Gasteiger partial charge in [0.2, 0.25) is 0 Å². The molecule has 0 saturated heterocycles. The highest BCUT2D eigenvalue weighted by molar-refractivity contribution is 14.0. The molecule has 1 aromatic heterocycles. The summed E-state index contributed by atoms with van der Waals surface area (Å²) in [4.78, 5) is 4.30. The van der Waals surface area contributed by atoms with Gasteiger partial charge in [0.25, 0.3) is 0 Å². The van der Waals surface area contributed by atoms with Gasteiger partial charge in [0.05, 0.1) is 24.9 Å². The Hall–Kier alpha value is -1.61. The van der Waals surface area contributed by atoms with Crippen LogP contribution >= 0.6 is 24.0 Å². The topological polar surface area (TPSA) is 74.5 Å². The fourth-order valence-electron chi connectivity index (χ4n) is 2.13. The normalized spacial score (nSPS) is 12.4. The Morgan fingerprint density at radius 2 is 2.22 bits per heavy atom. The van der Waals surface area contributed by atoms with Gasteiger partial charge in [-0.3, -0.25) is 4.99 Å². The van der Waals surface area contributed by atoms with Gasteiger partial charge in [-0.25, -0.2) is 4.68 Å². The molecule has 1 heterocycles. The zero-order valence-electron chi connectivity index (χ0n) is 13.4. The average molecular weight is 429 g/mol. The lowest BCUT2D eigenvalue weighted by Crippen LogP contribution is -2.39. The Morgan fingerprint density at radius 1 is 1.39 bits per heavy atom. The van der Waals surface area contributed by atoms with E-state index in [0.29, 0.717) is 12.5 Å². The number of nitrogens with zero attached hydrogens (tertiary/aromatic N) is 3. The minimum absolute atomic E-state index is 0. The van der Waals surface area contributed by atoms with Crippen LogP contribution in [0.15, 0.2) is 47.7 Å². The number of aromatic nitrogens is 2. The summed E-state index contributed by atoms with van der Waals surface area (Å²) in [7, 11) is 0. The van der Waals surface area contributed by atoms with Gasteiger partial charge in [0.15, 0.2) is 5.96 Å². The molecule has 1 unspecified atom stereocenters. The van der Waals surface area contributed by atoms with Crippen molar-refractivity contribution in [2.75, 3.05) is 19.7 Å². The maximum absolute atomic E-state index is 8.90. The first kappa shape index (κ1) is 19.4. The third-order valence-corrected chi connectivity index (χ3v) is 3.21. The molecule has 2 aromatic rings. The summed E-state index contributed by atoms with van der Waals surface area (Å²) in [6, 6.07) is 10.2. The lowest BCUT2D eigenvalue weighted by Gasteiger charge is -2.18. The van der Waals surface area contributed by atoms with E-state index in [1.165, 1.54) is 0 Å². The van der Waals surface area contributed by atoms with Gasteiger partial charge in [-0.05, 0) is 37.6 Å². The zero-order valence-corrected chi connectivity index (χ0v) is 15.8. The Labute approximate surface area is 154 Å². The van der Waals surface area contributed by atoms with Crippen molar-refractivity contribution in [3.8, 4) is 5.69 Å². The second-order valence-corrected chi connectivity index (χ2v) is 4.90. The first-order chi connectivity index (χ1) is 10.7. The third kappa shape index (κ3) is 5.83. The predicted octanol–water partition coefficient (Wildman–Crippen LogP) is 2.10. The van der Waals surface area contributed by atoms with Crippen LogP contribution in [0.4, 0.5) is 0 Å². The Bertz CT molecular complexity index is 600. The van der Waals surface area contributed by atoms with E-state index in [2.05, 4.69) is 39.8 Å². The van der Waals surface area contributed by atoms with Crippen molar-refractivity contribution in [1.82, 2.24) is 20.4 Å². The van der Waals surface area contributed by atoms with Crippen LogP contribution in [-0.2, 0) is 0 Å². The quantitative estimate of drug-likeness (QED) is 0.374. The van der Waals surface area contributed by atoms with Crippen molar-refractivity contribution in [2.24, 2.45) is 4.99 Å². The van der Waals surface area contributed by atoms with Gasteiger partial charge in [-0.15, -0.1) is 24.0 Å². The molecule has 0 radical (unpaired) electrons. The van der Waals surface area contributed by atoms with Crippen LogP contribution in [-0.4, -0.2) is 40.5 Å². The number of benzene rings is 1. The number of aliphatic hydroxyl groups is 1. The van der Waals surface area contributed by atoms with E-state index in [0.717, 1.165) is 17.8 Å². The maximum atomic E-state index is 8.90. The Morgan fingerprint density at radius 3 is 2.87 bits per heavy atom. The van der Waals surface area contributed by atoms with Crippen LogP contribution in [0, 0.1) is 0 Å². The Kier molecular flexibility index (Phi) is 8.64. The molecule has 0 spiro atoms. The van der Waals surface area contributed by atoms with E-state index >= 15 is 0 Å². The fourth-order valence-corrected chi connectivity index (χ4v) is 2.13. The summed E-state index contributed by atoms with van der Waals surface area (Å²) >= 11 is 0. The molecule has 0 aliphatic heterocycles. The van der Waals surface area contributed by atoms with Crippen molar-refractivity contribution in [1.29, 1.82) is 0 Å². The highest BCUT2D eigenvalue weighted by Gasteiger charge is 2.09. The standard InChI is InChI=1S/C16H23N5O.HI/c1-3-17-16(18-9-11-22)20-13(2)14-6-4-7-15(12-14)21-10-5-8-19-21;/h4-8,10,12-13,22H,3,9,11H2,1-2H3,(H2,17,18,20);1H. The van der Waals surface area contributed by atoms with E-state index in [1.807, 2.05) is 36.0 Å². The van der Waals surface area contributed by atoms with Gasteiger partial charge in [-0.1, -0.05) is 12.1 Å². The summed E-state index contributed by atoms with van der Waals surface area (Å²) in [5.41, 5.74) is 2.16. The highest BCUT2D eigenvalue weighted by atomic mass is 127. The second kappa shape index (κ2) is 10.2. The van der Waals surface area contributed by atoms with E-state index in [9.17, 15) is 0 Å². The third-order valence-electron chi connectivity index (χ3n) is 3.21. The number of nitrogens with one attached hydrogen (secondary N) is 2. The maximum Gasteiger partial charge on any atom is 0.191 e. The summed E-state index contributed by atoms with van der Waals surface area (Å²) < 4.78 is 1.83. The molecule has 7 heteroatoms. The molecule has 0 aliphatic rings. The SMILES string of the molecule is CCNC(=NCCO)NC(C)c1cccc(-n2cccn2)c1.I. The first-order valence-electron chi connectivity index (χ1n) is 7.50. The number of hydrogen-bond acceptors (Lipinski definition) is 3. The molecule has 126 valence electrons. The molecule has 0 bridgehead atoms. The molecule has 0 aliphatic carbocycles. The molecule has 0 amide bonds. The number of aliphatic hydroxyl groups excluding tert-OH is 1. The first-order valence-corrected chi connectivity index (χ1v) is 7.50. The van der Waals surface area contributed by atoms with Gasteiger partial charge in [0.1, 0.15) is 0 Å². The molecule has 3 N–H and O–H groups in total.